The van der Waals surface area contributed by atoms with Gasteiger partial charge in [0, 0.05) is 23.4 Å². The first-order chi connectivity index (χ1) is 11.1. The Kier molecular flexibility index (Phi) is 6.51. The third-order valence-electron chi connectivity index (χ3n) is 3.40. The minimum absolute atomic E-state index is 0.0803. The van der Waals surface area contributed by atoms with Gasteiger partial charge in [0.05, 0.1) is 10.9 Å². The van der Waals surface area contributed by atoms with Crippen molar-refractivity contribution in [3.63, 3.8) is 0 Å². The largest absolute Gasteiger partial charge is 0.331 e. The first kappa shape index (κ1) is 17.9. The van der Waals surface area contributed by atoms with E-state index in [1.54, 1.807) is 18.7 Å². The molecule has 0 saturated heterocycles. The molecule has 1 amide bonds. The molecule has 122 valence electrons. The van der Waals surface area contributed by atoms with Gasteiger partial charge in [0.15, 0.2) is 0 Å². The number of rotatable bonds is 1. The first-order valence-electron chi connectivity index (χ1n) is 7.56. The quantitative estimate of drug-likeness (QED) is 0.825. The number of fused-ring (bicyclic) bond motifs is 1. The molecule has 1 aliphatic heterocycles. The Morgan fingerprint density at radius 1 is 1.26 bits per heavy atom. The highest BCUT2D eigenvalue weighted by molar-refractivity contribution is 7.99. The number of carbonyl (C=O) groups is 1. The molecule has 1 atom stereocenters. The van der Waals surface area contributed by atoms with Gasteiger partial charge in [-0.15, -0.1) is 11.8 Å². The smallest absolute Gasteiger partial charge is 0.223 e. The van der Waals surface area contributed by atoms with Crippen molar-refractivity contribution in [2.45, 2.75) is 24.0 Å². The molecule has 2 aromatic carbocycles. The number of para-hydroxylation sites is 1. The summed E-state index contributed by atoms with van der Waals surface area (Å²) < 4.78 is 0. The summed E-state index contributed by atoms with van der Waals surface area (Å²) in [5.74, 6) is 0.0803. The lowest BCUT2D eigenvalue weighted by molar-refractivity contribution is -0.116. The van der Waals surface area contributed by atoms with E-state index < -0.39 is 0 Å². The summed E-state index contributed by atoms with van der Waals surface area (Å²) in [7, 11) is 0. The third kappa shape index (κ3) is 4.50. The van der Waals surface area contributed by atoms with Crippen LogP contribution in [0.3, 0.4) is 0 Å². The van der Waals surface area contributed by atoms with Gasteiger partial charge in [-0.2, -0.15) is 0 Å². The molecule has 1 unspecified atom stereocenters. The minimum Gasteiger partial charge on any atom is -0.331 e. The van der Waals surface area contributed by atoms with Gasteiger partial charge in [-0.3, -0.25) is 4.79 Å². The van der Waals surface area contributed by atoms with E-state index >= 15 is 0 Å². The predicted molar refractivity (Wildman–Crippen MR) is 99.2 cm³/mol. The van der Waals surface area contributed by atoms with Gasteiger partial charge in [-0.25, -0.2) is 0 Å². The van der Waals surface area contributed by atoms with Crippen LogP contribution in [0.5, 0.6) is 0 Å². The Balaban J connectivity index is 0.000000595. The fraction of sp³-hybridized carbons (Fsp3) is 0.278. The average molecular weight is 349 g/mol. The summed E-state index contributed by atoms with van der Waals surface area (Å²) in [6.07, 6.45) is 0. The van der Waals surface area contributed by atoms with Crippen molar-refractivity contribution in [1.82, 2.24) is 0 Å². The summed E-state index contributed by atoms with van der Waals surface area (Å²) in [6.45, 7) is 4.96. The van der Waals surface area contributed by atoms with E-state index in [4.69, 9.17) is 17.3 Å². The lowest BCUT2D eigenvalue weighted by Crippen LogP contribution is -2.34. The number of anilines is 1. The van der Waals surface area contributed by atoms with Crippen LogP contribution in [0.15, 0.2) is 53.4 Å². The van der Waals surface area contributed by atoms with Crippen LogP contribution >= 0.6 is 23.4 Å². The molecule has 1 aliphatic rings. The number of halogens is 1. The fourth-order valence-electron chi connectivity index (χ4n) is 2.38. The van der Waals surface area contributed by atoms with Gasteiger partial charge in [0.1, 0.15) is 0 Å². The second-order valence-corrected chi connectivity index (χ2v) is 6.84. The zero-order valence-electron chi connectivity index (χ0n) is 13.3. The highest BCUT2D eigenvalue weighted by Gasteiger charge is 2.28. The van der Waals surface area contributed by atoms with Gasteiger partial charge in [0.2, 0.25) is 5.91 Å². The molecular formula is C18H21ClN2OS. The molecule has 0 bridgehead atoms. The zero-order valence-corrected chi connectivity index (χ0v) is 14.9. The third-order valence-corrected chi connectivity index (χ3v) is 4.95. The molecule has 1 heterocycles. The number of carbonyl (C=O) groups excluding carboxylic acids is 1. The van der Waals surface area contributed by atoms with Gasteiger partial charge in [-0.05, 0) is 36.4 Å². The summed E-state index contributed by atoms with van der Waals surface area (Å²) in [4.78, 5) is 14.9. The summed E-state index contributed by atoms with van der Waals surface area (Å²) in [6, 6.07) is 15.9. The zero-order chi connectivity index (χ0) is 16.8. The lowest BCUT2D eigenvalue weighted by Gasteiger charge is -2.33. The van der Waals surface area contributed by atoms with Crippen molar-refractivity contribution >= 4 is 35.0 Å². The molecule has 2 N–H and O–H groups in total. The number of nitrogens with two attached hydrogens (primary N) is 1. The number of hydrogen-bond acceptors (Lipinski definition) is 3. The van der Waals surface area contributed by atoms with Crippen molar-refractivity contribution in [1.29, 1.82) is 0 Å². The van der Waals surface area contributed by atoms with Crippen molar-refractivity contribution in [2.24, 2.45) is 5.73 Å². The van der Waals surface area contributed by atoms with Crippen LogP contribution in [0.2, 0.25) is 5.02 Å². The Morgan fingerprint density at radius 2 is 1.87 bits per heavy atom. The maximum absolute atomic E-state index is 11.9. The number of benzene rings is 2. The van der Waals surface area contributed by atoms with Crippen LogP contribution in [0, 0.1) is 0 Å². The van der Waals surface area contributed by atoms with Crippen LogP contribution in [0.1, 0.15) is 24.7 Å². The van der Waals surface area contributed by atoms with Crippen molar-refractivity contribution in [3.8, 4) is 0 Å². The number of thioether (sulfide) groups is 1. The van der Waals surface area contributed by atoms with E-state index in [1.165, 1.54) is 5.56 Å². The summed E-state index contributed by atoms with van der Waals surface area (Å²) in [5.41, 5.74) is 7.05. The minimum atomic E-state index is 0.0803. The predicted octanol–water partition coefficient (Wildman–Crippen LogP) is 4.50. The molecule has 5 heteroatoms. The van der Waals surface area contributed by atoms with Gasteiger partial charge < -0.3 is 10.6 Å². The maximum atomic E-state index is 11.9. The molecule has 2 aromatic rings. The van der Waals surface area contributed by atoms with E-state index in [2.05, 4.69) is 6.07 Å². The SMILES string of the molecule is CC(=O)N1CC(c2ccc(Cl)cc2)Sc2ccccc21.CCN. The maximum Gasteiger partial charge on any atom is 0.223 e. The number of hydrogen-bond donors (Lipinski definition) is 1. The molecular weight excluding hydrogens is 328 g/mol. The molecule has 0 aromatic heterocycles. The van der Waals surface area contributed by atoms with Gasteiger partial charge in [0.25, 0.3) is 0 Å². The normalized spacial score (nSPS) is 16.2. The number of amides is 1. The number of nitrogens with zero attached hydrogens (tertiary/aromatic N) is 1. The van der Waals surface area contributed by atoms with Crippen LogP contribution in [0.25, 0.3) is 0 Å². The highest BCUT2D eigenvalue weighted by atomic mass is 35.5. The highest BCUT2D eigenvalue weighted by Crippen LogP contribution is 2.45. The Labute approximate surface area is 146 Å². The van der Waals surface area contributed by atoms with E-state index in [9.17, 15) is 4.79 Å². The molecule has 23 heavy (non-hydrogen) atoms. The fourth-order valence-corrected chi connectivity index (χ4v) is 3.79. The molecule has 3 nitrogen and oxygen atoms in total. The van der Waals surface area contributed by atoms with E-state index in [0.29, 0.717) is 6.54 Å². The Bertz CT molecular complexity index is 660. The molecule has 0 aliphatic carbocycles. The molecule has 0 saturated carbocycles. The van der Waals surface area contributed by atoms with Crippen LogP contribution in [-0.4, -0.2) is 19.0 Å². The average Bonchev–Trinajstić information content (AvgIpc) is 2.55. The topological polar surface area (TPSA) is 46.3 Å². The van der Waals surface area contributed by atoms with Crippen molar-refractivity contribution in [3.05, 3.63) is 59.1 Å². The lowest BCUT2D eigenvalue weighted by atomic mass is 10.1. The van der Waals surface area contributed by atoms with Gasteiger partial charge >= 0.3 is 0 Å². The Morgan fingerprint density at radius 3 is 2.48 bits per heavy atom. The van der Waals surface area contributed by atoms with Gasteiger partial charge in [-0.1, -0.05) is 42.8 Å². The van der Waals surface area contributed by atoms with E-state index in [0.717, 1.165) is 22.2 Å². The van der Waals surface area contributed by atoms with Crippen LogP contribution < -0.4 is 10.6 Å². The van der Waals surface area contributed by atoms with Crippen molar-refractivity contribution in [2.75, 3.05) is 18.0 Å². The Hall–Kier alpha value is -1.49. The monoisotopic (exact) mass is 348 g/mol. The summed E-state index contributed by atoms with van der Waals surface area (Å²) in [5, 5.41) is 0.976. The standard InChI is InChI=1S/C16H14ClNOS.C2H7N/c1-11(19)18-10-16(12-6-8-13(17)9-7-12)20-15-5-3-2-4-14(15)18;1-2-3/h2-9,16H,10H2,1H3;2-3H2,1H3. The van der Waals surface area contributed by atoms with E-state index in [-0.39, 0.29) is 11.2 Å². The molecule has 0 spiro atoms. The van der Waals surface area contributed by atoms with E-state index in [1.807, 2.05) is 54.3 Å². The molecule has 0 radical (unpaired) electrons. The van der Waals surface area contributed by atoms with Crippen molar-refractivity contribution < 1.29 is 4.79 Å². The second-order valence-electron chi connectivity index (χ2n) is 5.16. The second kappa shape index (κ2) is 8.39. The molecule has 3 rings (SSSR count). The molecule has 0 fully saturated rings. The first-order valence-corrected chi connectivity index (χ1v) is 8.81. The summed E-state index contributed by atoms with van der Waals surface area (Å²) >= 11 is 7.74. The van der Waals surface area contributed by atoms with Crippen LogP contribution in [0.4, 0.5) is 5.69 Å². The van der Waals surface area contributed by atoms with Crippen LogP contribution in [-0.2, 0) is 4.79 Å².